The van der Waals surface area contributed by atoms with Crippen molar-refractivity contribution in [1.82, 2.24) is 14.8 Å². The van der Waals surface area contributed by atoms with Gasteiger partial charge in [-0.1, -0.05) is 29.3 Å². The number of nitrogens with zero attached hydrogens (tertiary/aromatic N) is 1. The first kappa shape index (κ1) is 24.9. The van der Waals surface area contributed by atoms with Crippen LogP contribution in [0.15, 0.2) is 77.6 Å². The number of H-pyrrole nitrogens is 2. The maximum atomic E-state index is 13.9. The van der Waals surface area contributed by atoms with Gasteiger partial charge in [0.05, 0.1) is 22.9 Å². The van der Waals surface area contributed by atoms with Crippen molar-refractivity contribution in [2.75, 3.05) is 0 Å². The smallest absolute Gasteiger partial charge is 0.358 e. The Morgan fingerprint density at radius 2 is 1.65 bits per heavy atom. The number of hydrogen-bond donors (Lipinski definition) is 2. The Morgan fingerprint density at radius 3 is 2.35 bits per heavy atom. The summed E-state index contributed by atoms with van der Waals surface area (Å²) >= 11 is 12.3. The second kappa shape index (κ2) is 9.28. The van der Waals surface area contributed by atoms with Crippen LogP contribution in [0.3, 0.4) is 0 Å². The molecule has 3 aromatic carbocycles. The Balaban J connectivity index is 1.71. The van der Waals surface area contributed by atoms with Crippen molar-refractivity contribution in [3.05, 3.63) is 121 Å². The Kier molecular flexibility index (Phi) is 6.25. The van der Waals surface area contributed by atoms with E-state index in [-0.39, 0.29) is 17.2 Å². The summed E-state index contributed by atoms with van der Waals surface area (Å²) in [6.45, 7) is 1.80. The van der Waals surface area contributed by atoms with E-state index >= 15 is 0 Å². The third kappa shape index (κ3) is 4.70. The molecule has 2 aromatic heterocycles. The average Bonchev–Trinajstić information content (AvgIpc) is 3.38. The summed E-state index contributed by atoms with van der Waals surface area (Å²) in [4.78, 5) is 30.1. The molecule has 0 saturated heterocycles. The van der Waals surface area contributed by atoms with Gasteiger partial charge in [0.25, 0.3) is 5.56 Å². The number of aryl methyl sites for hydroxylation is 1. The highest BCUT2D eigenvalue weighted by Crippen LogP contribution is 2.37. The van der Waals surface area contributed by atoms with E-state index < -0.39 is 23.2 Å². The first-order valence-electron chi connectivity index (χ1n) is 11.1. The van der Waals surface area contributed by atoms with Crippen molar-refractivity contribution in [1.29, 1.82) is 0 Å². The zero-order valence-electron chi connectivity index (χ0n) is 19.2. The van der Waals surface area contributed by atoms with Gasteiger partial charge in [-0.25, -0.2) is 4.68 Å². The summed E-state index contributed by atoms with van der Waals surface area (Å²) in [5.41, 5.74) is 1.05. The van der Waals surface area contributed by atoms with Crippen molar-refractivity contribution < 1.29 is 18.0 Å². The van der Waals surface area contributed by atoms with Crippen molar-refractivity contribution in [2.45, 2.75) is 19.0 Å². The summed E-state index contributed by atoms with van der Waals surface area (Å²) in [7, 11) is 0. The third-order valence-electron chi connectivity index (χ3n) is 6.16. The van der Waals surface area contributed by atoms with Gasteiger partial charge in [-0.05, 0) is 73.2 Å². The number of ketones is 1. The van der Waals surface area contributed by atoms with Crippen LogP contribution in [-0.4, -0.2) is 20.5 Å². The number of nitrogens with one attached hydrogen (secondary N) is 2. The standard InChI is InChI=1S/C27H18Cl2F3N3O2/c1-14-24(20-12-18(29)9-10-21(20)33-14)25(26(37)15-5-7-17(28)8-6-15)22-13-23(36)35(34-22)19-4-2-3-16(11-19)27(30,31)32/h2-13,25,33-34H,1H3. The molecule has 2 N–H and O–H groups in total. The highest BCUT2D eigenvalue weighted by molar-refractivity contribution is 6.31. The summed E-state index contributed by atoms with van der Waals surface area (Å²) in [5.74, 6) is -1.33. The van der Waals surface area contributed by atoms with Crippen LogP contribution in [0.5, 0.6) is 0 Å². The van der Waals surface area contributed by atoms with Gasteiger partial charge in [-0.2, -0.15) is 13.2 Å². The van der Waals surface area contributed by atoms with Gasteiger partial charge in [0.15, 0.2) is 5.78 Å². The maximum absolute atomic E-state index is 13.9. The number of benzene rings is 3. The molecule has 0 radical (unpaired) electrons. The predicted octanol–water partition coefficient (Wildman–Crippen LogP) is 7.30. The molecular formula is C27H18Cl2F3N3O2. The zero-order chi connectivity index (χ0) is 26.5. The van der Waals surface area contributed by atoms with E-state index in [9.17, 15) is 22.8 Å². The molecule has 0 aliphatic heterocycles. The van der Waals surface area contributed by atoms with E-state index in [2.05, 4.69) is 10.1 Å². The fourth-order valence-corrected chi connectivity index (χ4v) is 4.77. The molecule has 1 atom stereocenters. The molecule has 0 fully saturated rings. The number of alkyl halides is 3. The van der Waals surface area contributed by atoms with Crippen LogP contribution in [0, 0.1) is 6.92 Å². The molecular weight excluding hydrogens is 526 g/mol. The summed E-state index contributed by atoms with van der Waals surface area (Å²) in [6, 6.07) is 17.2. The molecule has 0 amide bonds. The average molecular weight is 544 g/mol. The second-order valence-electron chi connectivity index (χ2n) is 8.59. The van der Waals surface area contributed by atoms with Crippen LogP contribution in [0.2, 0.25) is 10.0 Å². The molecule has 5 rings (SSSR count). The lowest BCUT2D eigenvalue weighted by atomic mass is 9.86. The Labute approximate surface area is 218 Å². The first-order chi connectivity index (χ1) is 17.5. The minimum atomic E-state index is -4.58. The Bertz CT molecular complexity index is 1700. The summed E-state index contributed by atoms with van der Waals surface area (Å²) in [5, 5.41) is 4.47. The Hall–Kier alpha value is -3.75. The number of rotatable bonds is 5. The molecule has 10 heteroatoms. The quantitative estimate of drug-likeness (QED) is 0.228. The molecule has 0 bridgehead atoms. The molecule has 0 aliphatic carbocycles. The van der Waals surface area contributed by atoms with Crippen LogP contribution >= 0.6 is 23.2 Å². The molecule has 37 heavy (non-hydrogen) atoms. The van der Waals surface area contributed by atoms with E-state index in [0.29, 0.717) is 32.3 Å². The minimum Gasteiger partial charge on any atom is -0.358 e. The van der Waals surface area contributed by atoms with E-state index in [4.69, 9.17) is 23.2 Å². The van der Waals surface area contributed by atoms with E-state index in [1.54, 1.807) is 49.4 Å². The van der Waals surface area contributed by atoms with Gasteiger partial charge in [-0.15, -0.1) is 0 Å². The zero-order valence-corrected chi connectivity index (χ0v) is 20.7. The number of carbonyl (C=O) groups excluding carboxylic acids is 1. The number of aromatic amines is 2. The normalized spacial score (nSPS) is 12.7. The van der Waals surface area contributed by atoms with Crippen LogP contribution < -0.4 is 5.56 Å². The molecule has 2 heterocycles. The SMILES string of the molecule is Cc1[nH]c2ccc(Cl)cc2c1C(C(=O)c1ccc(Cl)cc1)c1cc(=O)n(-c2cccc(C(F)(F)F)c2)[nH]1. The molecule has 188 valence electrons. The largest absolute Gasteiger partial charge is 0.416 e. The molecule has 1 unspecified atom stereocenters. The third-order valence-corrected chi connectivity index (χ3v) is 6.65. The van der Waals surface area contributed by atoms with Crippen LogP contribution in [0.25, 0.3) is 16.6 Å². The van der Waals surface area contributed by atoms with Crippen LogP contribution in [0.1, 0.15) is 38.8 Å². The van der Waals surface area contributed by atoms with Crippen LogP contribution in [-0.2, 0) is 6.18 Å². The van der Waals surface area contributed by atoms with E-state index in [1.807, 2.05) is 0 Å². The number of halogens is 5. The maximum Gasteiger partial charge on any atom is 0.416 e. The minimum absolute atomic E-state index is 0.0116. The fraction of sp³-hybridized carbons (Fsp3) is 0.111. The molecule has 5 nitrogen and oxygen atoms in total. The van der Waals surface area contributed by atoms with Crippen molar-refractivity contribution in [2.24, 2.45) is 0 Å². The highest BCUT2D eigenvalue weighted by atomic mass is 35.5. The van der Waals surface area contributed by atoms with Gasteiger partial charge in [0.1, 0.15) is 0 Å². The monoisotopic (exact) mass is 543 g/mol. The molecule has 0 spiro atoms. The molecule has 5 aromatic rings. The van der Waals surface area contributed by atoms with Gasteiger partial charge in [0, 0.05) is 38.3 Å². The van der Waals surface area contributed by atoms with Crippen LogP contribution in [0.4, 0.5) is 13.2 Å². The van der Waals surface area contributed by atoms with Gasteiger partial charge < -0.3 is 4.98 Å². The van der Waals surface area contributed by atoms with Crippen molar-refractivity contribution >= 4 is 39.9 Å². The van der Waals surface area contributed by atoms with Crippen molar-refractivity contribution in [3.8, 4) is 5.69 Å². The van der Waals surface area contributed by atoms with E-state index in [0.717, 1.165) is 22.3 Å². The number of hydrogen-bond acceptors (Lipinski definition) is 2. The lowest BCUT2D eigenvalue weighted by molar-refractivity contribution is -0.137. The second-order valence-corrected chi connectivity index (χ2v) is 9.46. The van der Waals surface area contributed by atoms with Gasteiger partial charge in [-0.3, -0.25) is 14.7 Å². The van der Waals surface area contributed by atoms with E-state index in [1.165, 1.54) is 18.2 Å². The lowest BCUT2D eigenvalue weighted by Gasteiger charge is -2.16. The van der Waals surface area contributed by atoms with Crippen molar-refractivity contribution in [3.63, 3.8) is 0 Å². The van der Waals surface area contributed by atoms with Gasteiger partial charge >= 0.3 is 6.18 Å². The highest BCUT2D eigenvalue weighted by Gasteiger charge is 2.32. The lowest BCUT2D eigenvalue weighted by Crippen LogP contribution is -2.17. The number of fused-ring (bicyclic) bond motifs is 1. The Morgan fingerprint density at radius 1 is 0.946 bits per heavy atom. The number of Topliss-reactive ketones (excluding diaryl/α,β-unsaturated/α-hetero) is 1. The summed E-state index contributed by atoms with van der Waals surface area (Å²) < 4.78 is 40.8. The summed E-state index contributed by atoms with van der Waals surface area (Å²) in [6.07, 6.45) is -4.58. The molecule has 0 aliphatic rings. The topological polar surface area (TPSA) is 70.7 Å². The first-order valence-corrected chi connectivity index (χ1v) is 11.9. The molecule has 0 saturated carbocycles. The van der Waals surface area contributed by atoms with Gasteiger partial charge in [0.2, 0.25) is 0 Å². The predicted molar refractivity (Wildman–Crippen MR) is 137 cm³/mol. The fourth-order valence-electron chi connectivity index (χ4n) is 4.48. The number of carbonyl (C=O) groups is 1. The number of aromatic nitrogens is 3.